The zero-order chi connectivity index (χ0) is 10.8. The number of fused-ring (bicyclic) bond motifs is 1. The van der Waals surface area contributed by atoms with Crippen molar-refractivity contribution in [3.05, 3.63) is 47.7 Å². The number of H-pyrrole nitrogens is 1. The molecule has 0 bridgehead atoms. The predicted molar refractivity (Wildman–Crippen MR) is 62.1 cm³/mol. The Balaban J connectivity index is 2.56. The van der Waals surface area contributed by atoms with Crippen molar-refractivity contribution in [3.8, 4) is 0 Å². The van der Waals surface area contributed by atoms with Gasteiger partial charge in [-0.05, 0) is 32.1 Å². The van der Waals surface area contributed by atoms with E-state index in [0.29, 0.717) is 0 Å². The molecular weight excluding hydrogens is 186 g/mol. The van der Waals surface area contributed by atoms with E-state index in [1.54, 1.807) is 6.08 Å². The number of hydrogen-bond acceptors (Lipinski definition) is 1. The summed E-state index contributed by atoms with van der Waals surface area (Å²) in [5.41, 5.74) is 2.67. The van der Waals surface area contributed by atoms with Gasteiger partial charge in [-0.3, -0.25) is 4.79 Å². The maximum Gasteiger partial charge on any atom is 0.187 e. The molecule has 2 heteroatoms. The number of ketones is 1. The van der Waals surface area contributed by atoms with Gasteiger partial charge in [0.1, 0.15) is 0 Å². The highest BCUT2D eigenvalue weighted by Crippen LogP contribution is 2.18. The molecule has 0 aliphatic rings. The monoisotopic (exact) mass is 199 g/mol. The van der Waals surface area contributed by atoms with Crippen LogP contribution in [0, 0.1) is 0 Å². The third kappa shape index (κ3) is 1.84. The summed E-state index contributed by atoms with van der Waals surface area (Å²) in [6.45, 7) is 3.85. The summed E-state index contributed by atoms with van der Waals surface area (Å²) in [5, 5.41) is 1.07. The van der Waals surface area contributed by atoms with Gasteiger partial charge in [0.15, 0.2) is 5.78 Å². The van der Waals surface area contributed by atoms with Crippen LogP contribution in [0.2, 0.25) is 0 Å². The molecule has 0 atom stereocenters. The van der Waals surface area contributed by atoms with Crippen LogP contribution in [0.4, 0.5) is 0 Å². The first-order valence-electron chi connectivity index (χ1n) is 4.94. The molecule has 0 aliphatic carbocycles. The number of carbonyl (C=O) groups excluding carboxylic acids is 1. The van der Waals surface area contributed by atoms with Crippen LogP contribution in [0.15, 0.2) is 42.1 Å². The Morgan fingerprint density at radius 1 is 1.27 bits per heavy atom. The Kier molecular flexibility index (Phi) is 2.42. The molecular formula is C13H13NO. The third-order valence-electron chi connectivity index (χ3n) is 2.27. The van der Waals surface area contributed by atoms with E-state index in [1.165, 1.54) is 0 Å². The second-order valence-electron chi connectivity index (χ2n) is 3.83. The molecule has 0 amide bonds. The lowest BCUT2D eigenvalue weighted by atomic mass is 10.1. The fourth-order valence-electron chi connectivity index (χ4n) is 1.63. The van der Waals surface area contributed by atoms with Crippen molar-refractivity contribution in [2.75, 3.05) is 0 Å². The number of hydrogen-bond donors (Lipinski definition) is 1. The smallest absolute Gasteiger partial charge is 0.187 e. The number of nitrogens with one attached hydrogen (secondary N) is 1. The van der Waals surface area contributed by atoms with Crippen LogP contribution in [0.5, 0.6) is 0 Å². The Bertz CT molecular complexity index is 530. The van der Waals surface area contributed by atoms with Crippen molar-refractivity contribution >= 4 is 16.7 Å². The molecule has 2 nitrogen and oxygen atoms in total. The van der Waals surface area contributed by atoms with Crippen LogP contribution in [0.3, 0.4) is 0 Å². The van der Waals surface area contributed by atoms with Crippen LogP contribution >= 0.6 is 0 Å². The number of carbonyl (C=O) groups is 1. The van der Waals surface area contributed by atoms with Gasteiger partial charge in [-0.1, -0.05) is 17.7 Å². The second kappa shape index (κ2) is 3.73. The summed E-state index contributed by atoms with van der Waals surface area (Å²) < 4.78 is 0. The van der Waals surface area contributed by atoms with Gasteiger partial charge in [-0.2, -0.15) is 0 Å². The van der Waals surface area contributed by atoms with Crippen LogP contribution in [0.25, 0.3) is 10.9 Å². The zero-order valence-corrected chi connectivity index (χ0v) is 8.87. The lowest BCUT2D eigenvalue weighted by Gasteiger charge is -1.99. The van der Waals surface area contributed by atoms with E-state index in [1.807, 2.05) is 44.3 Å². The number of allylic oxidation sites excluding steroid dienone is 2. The summed E-state index contributed by atoms with van der Waals surface area (Å²) in [6, 6.07) is 7.71. The molecule has 0 saturated carbocycles. The number of benzene rings is 1. The minimum atomic E-state index is 0.0584. The SMILES string of the molecule is CC(C)=CC(=O)c1cccc2cc[nH]c12. The molecule has 15 heavy (non-hydrogen) atoms. The van der Waals surface area contributed by atoms with E-state index in [9.17, 15) is 4.79 Å². The molecule has 1 aromatic heterocycles. The Morgan fingerprint density at radius 2 is 2.07 bits per heavy atom. The fourth-order valence-corrected chi connectivity index (χ4v) is 1.63. The van der Waals surface area contributed by atoms with Gasteiger partial charge in [0.05, 0.1) is 5.52 Å². The van der Waals surface area contributed by atoms with Crippen molar-refractivity contribution in [2.24, 2.45) is 0 Å². The van der Waals surface area contributed by atoms with E-state index in [4.69, 9.17) is 0 Å². The normalized spacial score (nSPS) is 10.3. The molecule has 2 aromatic rings. The molecule has 2 rings (SSSR count). The van der Waals surface area contributed by atoms with Crippen molar-refractivity contribution in [3.63, 3.8) is 0 Å². The Morgan fingerprint density at radius 3 is 2.80 bits per heavy atom. The summed E-state index contributed by atoms with van der Waals surface area (Å²) in [4.78, 5) is 15.0. The average Bonchev–Trinajstić information content (AvgIpc) is 2.63. The van der Waals surface area contributed by atoms with Gasteiger partial charge in [-0.25, -0.2) is 0 Å². The summed E-state index contributed by atoms with van der Waals surface area (Å²) in [5.74, 6) is 0.0584. The Labute approximate surface area is 88.6 Å². The quantitative estimate of drug-likeness (QED) is 0.584. The standard InChI is InChI=1S/C13H13NO/c1-9(2)8-12(15)11-5-3-4-10-6-7-14-13(10)11/h3-8,14H,1-2H3. The number of rotatable bonds is 2. The lowest BCUT2D eigenvalue weighted by molar-refractivity contribution is 0.104. The molecule has 0 saturated heterocycles. The van der Waals surface area contributed by atoms with E-state index >= 15 is 0 Å². The minimum Gasteiger partial charge on any atom is -0.361 e. The second-order valence-corrected chi connectivity index (χ2v) is 3.83. The molecule has 76 valence electrons. The van der Waals surface area contributed by atoms with E-state index in [0.717, 1.165) is 22.0 Å². The maximum atomic E-state index is 11.9. The average molecular weight is 199 g/mol. The molecule has 0 spiro atoms. The van der Waals surface area contributed by atoms with Crippen LogP contribution < -0.4 is 0 Å². The van der Waals surface area contributed by atoms with Crippen molar-refractivity contribution in [1.29, 1.82) is 0 Å². The maximum absolute atomic E-state index is 11.9. The van der Waals surface area contributed by atoms with Crippen LogP contribution in [-0.4, -0.2) is 10.8 Å². The van der Waals surface area contributed by atoms with Crippen molar-refractivity contribution in [2.45, 2.75) is 13.8 Å². The zero-order valence-electron chi connectivity index (χ0n) is 8.87. The summed E-state index contributed by atoms with van der Waals surface area (Å²) in [7, 11) is 0. The molecule has 1 N–H and O–H groups in total. The molecule has 0 aliphatic heterocycles. The van der Waals surface area contributed by atoms with E-state index < -0.39 is 0 Å². The highest BCUT2D eigenvalue weighted by Gasteiger charge is 2.07. The first-order chi connectivity index (χ1) is 7.18. The molecule has 0 fully saturated rings. The third-order valence-corrected chi connectivity index (χ3v) is 2.27. The highest BCUT2D eigenvalue weighted by atomic mass is 16.1. The van der Waals surface area contributed by atoms with E-state index in [-0.39, 0.29) is 5.78 Å². The lowest BCUT2D eigenvalue weighted by Crippen LogP contribution is -1.96. The number of aromatic amines is 1. The van der Waals surface area contributed by atoms with Gasteiger partial charge < -0.3 is 4.98 Å². The first-order valence-corrected chi connectivity index (χ1v) is 4.94. The van der Waals surface area contributed by atoms with Crippen LogP contribution in [-0.2, 0) is 0 Å². The highest BCUT2D eigenvalue weighted by molar-refractivity contribution is 6.12. The predicted octanol–water partition coefficient (Wildman–Crippen LogP) is 3.32. The van der Waals surface area contributed by atoms with E-state index in [2.05, 4.69) is 4.98 Å². The number of para-hydroxylation sites is 1. The van der Waals surface area contributed by atoms with Gasteiger partial charge in [0.2, 0.25) is 0 Å². The molecule has 1 heterocycles. The molecule has 0 unspecified atom stereocenters. The van der Waals surface area contributed by atoms with Gasteiger partial charge in [0, 0.05) is 17.1 Å². The fraction of sp³-hybridized carbons (Fsp3) is 0.154. The van der Waals surface area contributed by atoms with Crippen LogP contribution in [0.1, 0.15) is 24.2 Å². The minimum absolute atomic E-state index is 0.0584. The first kappa shape index (κ1) is 9.71. The van der Waals surface area contributed by atoms with Crippen molar-refractivity contribution in [1.82, 2.24) is 4.98 Å². The van der Waals surface area contributed by atoms with Gasteiger partial charge in [-0.15, -0.1) is 0 Å². The summed E-state index contributed by atoms with van der Waals surface area (Å²) >= 11 is 0. The molecule has 1 aromatic carbocycles. The van der Waals surface area contributed by atoms with Crippen molar-refractivity contribution < 1.29 is 4.79 Å². The van der Waals surface area contributed by atoms with Gasteiger partial charge in [0.25, 0.3) is 0 Å². The van der Waals surface area contributed by atoms with Gasteiger partial charge >= 0.3 is 0 Å². The largest absolute Gasteiger partial charge is 0.361 e. The Hall–Kier alpha value is -1.83. The molecule has 0 radical (unpaired) electrons. The number of aromatic nitrogens is 1. The topological polar surface area (TPSA) is 32.9 Å². The summed E-state index contributed by atoms with van der Waals surface area (Å²) in [6.07, 6.45) is 3.51.